The zero-order valence-corrected chi connectivity index (χ0v) is 8.47. The Hall–Kier alpha value is -2.36. The molecule has 2 aromatic heterocycles. The van der Waals surface area contributed by atoms with E-state index < -0.39 is 0 Å². The molecule has 0 amide bonds. The predicted molar refractivity (Wildman–Crippen MR) is 60.9 cm³/mol. The van der Waals surface area contributed by atoms with Crippen LogP contribution >= 0.6 is 0 Å². The molecule has 0 fully saturated rings. The van der Waals surface area contributed by atoms with Crippen molar-refractivity contribution in [3.05, 3.63) is 54.6 Å². The number of fused-ring (bicyclic) bond motifs is 2. The maximum atomic E-state index is 5.43. The second kappa shape index (κ2) is 3.34. The Morgan fingerprint density at radius 1 is 1.06 bits per heavy atom. The van der Waals surface area contributed by atoms with Crippen LogP contribution in [0.25, 0.3) is 5.57 Å². The van der Waals surface area contributed by atoms with Crippen LogP contribution in [0.3, 0.4) is 0 Å². The molecule has 16 heavy (non-hydrogen) atoms. The summed E-state index contributed by atoms with van der Waals surface area (Å²) >= 11 is 0. The van der Waals surface area contributed by atoms with Crippen molar-refractivity contribution in [2.45, 2.75) is 0 Å². The van der Waals surface area contributed by atoms with E-state index in [1.54, 1.807) is 12.4 Å². The number of anilines is 1. The third kappa shape index (κ3) is 1.24. The second-order valence-electron chi connectivity index (χ2n) is 3.43. The van der Waals surface area contributed by atoms with Gasteiger partial charge in [0.1, 0.15) is 5.69 Å². The molecule has 4 heteroatoms. The summed E-state index contributed by atoms with van der Waals surface area (Å²) in [5.41, 5.74) is 5.88. The summed E-state index contributed by atoms with van der Waals surface area (Å²) in [6.07, 6.45) is 3.43. The highest BCUT2D eigenvalue weighted by molar-refractivity contribution is 5.84. The van der Waals surface area contributed by atoms with Crippen LogP contribution in [0.1, 0.15) is 11.4 Å². The number of nitrogens with zero attached hydrogens (tertiary/aromatic N) is 2. The predicted octanol–water partition coefficient (Wildman–Crippen LogP) is 2.26. The molecule has 1 aliphatic heterocycles. The molecule has 0 aromatic carbocycles. The Bertz CT molecular complexity index is 516. The van der Waals surface area contributed by atoms with E-state index in [-0.39, 0.29) is 0 Å². The summed E-state index contributed by atoms with van der Waals surface area (Å²) in [7, 11) is 0. The molecule has 0 unspecified atom stereocenters. The van der Waals surface area contributed by atoms with Gasteiger partial charge in [-0.05, 0) is 24.3 Å². The van der Waals surface area contributed by atoms with E-state index >= 15 is 0 Å². The molecule has 2 aromatic rings. The lowest BCUT2D eigenvalue weighted by atomic mass is 10.1. The minimum atomic E-state index is 0.658. The van der Waals surface area contributed by atoms with Crippen molar-refractivity contribution < 1.29 is 4.84 Å². The number of hydrogen-bond donors (Lipinski definition) is 1. The van der Waals surface area contributed by atoms with Gasteiger partial charge in [-0.3, -0.25) is 9.97 Å². The van der Waals surface area contributed by atoms with Crippen molar-refractivity contribution in [3.63, 3.8) is 0 Å². The Balaban J connectivity index is 2.22. The summed E-state index contributed by atoms with van der Waals surface area (Å²) in [5.74, 6) is 0.658. The van der Waals surface area contributed by atoms with Gasteiger partial charge in [0.2, 0.25) is 0 Å². The average molecular weight is 211 g/mol. The minimum absolute atomic E-state index is 0.658. The fourth-order valence-electron chi connectivity index (χ4n) is 1.65. The SMILES string of the molecule is C=C1c2ncccc2NOc2cccnc21. The lowest BCUT2D eigenvalue weighted by Crippen LogP contribution is -2.04. The van der Waals surface area contributed by atoms with Gasteiger partial charge in [-0.25, -0.2) is 5.48 Å². The highest BCUT2D eigenvalue weighted by Crippen LogP contribution is 2.33. The number of rotatable bonds is 0. The van der Waals surface area contributed by atoms with Crippen molar-refractivity contribution in [1.82, 2.24) is 9.97 Å². The summed E-state index contributed by atoms with van der Waals surface area (Å²) in [6.45, 7) is 4.01. The molecule has 0 aliphatic carbocycles. The number of aromatic nitrogens is 2. The molecule has 3 heterocycles. The zero-order valence-electron chi connectivity index (χ0n) is 8.47. The van der Waals surface area contributed by atoms with Crippen LogP contribution in [-0.2, 0) is 0 Å². The highest BCUT2D eigenvalue weighted by atomic mass is 16.6. The topological polar surface area (TPSA) is 47.0 Å². The van der Waals surface area contributed by atoms with Crippen LogP contribution in [0.2, 0.25) is 0 Å². The molecular formula is C12H9N3O. The van der Waals surface area contributed by atoms with Crippen LogP contribution in [0.4, 0.5) is 5.69 Å². The molecule has 0 radical (unpaired) electrons. The first-order valence-corrected chi connectivity index (χ1v) is 4.89. The van der Waals surface area contributed by atoms with Gasteiger partial charge in [-0.15, -0.1) is 0 Å². The Morgan fingerprint density at radius 3 is 2.69 bits per heavy atom. The molecule has 4 nitrogen and oxygen atoms in total. The van der Waals surface area contributed by atoms with Crippen LogP contribution < -0.4 is 10.3 Å². The zero-order chi connectivity index (χ0) is 11.0. The van der Waals surface area contributed by atoms with E-state index in [1.807, 2.05) is 24.3 Å². The van der Waals surface area contributed by atoms with E-state index in [2.05, 4.69) is 22.0 Å². The van der Waals surface area contributed by atoms with Crippen molar-refractivity contribution >= 4 is 11.3 Å². The van der Waals surface area contributed by atoms with Crippen molar-refractivity contribution in [2.75, 3.05) is 5.48 Å². The quantitative estimate of drug-likeness (QED) is 0.726. The van der Waals surface area contributed by atoms with Gasteiger partial charge in [0.15, 0.2) is 5.75 Å². The standard InChI is InChI=1S/C12H9N3O/c1-8-11-9(4-2-6-13-11)15-16-10-5-3-7-14-12(8)10/h2-7,15H,1H2. The van der Waals surface area contributed by atoms with Gasteiger partial charge in [0.05, 0.1) is 11.4 Å². The van der Waals surface area contributed by atoms with E-state index in [0.717, 1.165) is 17.0 Å². The second-order valence-corrected chi connectivity index (χ2v) is 3.43. The maximum absolute atomic E-state index is 5.43. The molecule has 1 N–H and O–H groups in total. The fraction of sp³-hybridized carbons (Fsp3) is 0. The molecule has 0 spiro atoms. The van der Waals surface area contributed by atoms with Crippen LogP contribution in [-0.4, -0.2) is 9.97 Å². The molecule has 3 rings (SSSR count). The summed E-state index contributed by atoms with van der Waals surface area (Å²) in [4.78, 5) is 14.0. The van der Waals surface area contributed by atoms with E-state index in [9.17, 15) is 0 Å². The molecule has 0 saturated carbocycles. The van der Waals surface area contributed by atoms with Crippen LogP contribution in [0.5, 0.6) is 5.75 Å². The monoisotopic (exact) mass is 211 g/mol. The lowest BCUT2D eigenvalue weighted by Gasteiger charge is -2.05. The number of pyridine rings is 2. The van der Waals surface area contributed by atoms with Gasteiger partial charge >= 0.3 is 0 Å². The summed E-state index contributed by atoms with van der Waals surface area (Å²) in [6, 6.07) is 7.38. The lowest BCUT2D eigenvalue weighted by molar-refractivity contribution is 0.403. The minimum Gasteiger partial charge on any atom is -0.380 e. The Labute approximate surface area is 92.6 Å². The van der Waals surface area contributed by atoms with Crippen LogP contribution in [0, 0.1) is 0 Å². The smallest absolute Gasteiger partial charge is 0.181 e. The first-order valence-electron chi connectivity index (χ1n) is 4.89. The van der Waals surface area contributed by atoms with Gasteiger partial charge in [0, 0.05) is 18.0 Å². The van der Waals surface area contributed by atoms with Gasteiger partial charge in [0.25, 0.3) is 0 Å². The molecule has 0 bridgehead atoms. The summed E-state index contributed by atoms with van der Waals surface area (Å²) in [5, 5.41) is 0. The van der Waals surface area contributed by atoms with Crippen LogP contribution in [0.15, 0.2) is 43.2 Å². The number of hydrogen-bond acceptors (Lipinski definition) is 4. The fourth-order valence-corrected chi connectivity index (χ4v) is 1.65. The summed E-state index contributed by atoms with van der Waals surface area (Å²) < 4.78 is 0. The van der Waals surface area contributed by atoms with Crippen molar-refractivity contribution in [3.8, 4) is 5.75 Å². The first kappa shape index (κ1) is 8.91. The van der Waals surface area contributed by atoms with Gasteiger partial charge in [-0.2, -0.15) is 0 Å². The third-order valence-corrected chi connectivity index (χ3v) is 2.42. The highest BCUT2D eigenvalue weighted by Gasteiger charge is 2.19. The van der Waals surface area contributed by atoms with Crippen molar-refractivity contribution in [1.29, 1.82) is 0 Å². The maximum Gasteiger partial charge on any atom is 0.181 e. The van der Waals surface area contributed by atoms with Gasteiger partial charge < -0.3 is 4.84 Å². The molecule has 0 atom stereocenters. The molecule has 78 valence electrons. The van der Waals surface area contributed by atoms with E-state index in [1.165, 1.54) is 0 Å². The number of nitrogens with one attached hydrogen (secondary N) is 1. The molecule has 1 aliphatic rings. The molecular weight excluding hydrogens is 202 g/mol. The largest absolute Gasteiger partial charge is 0.380 e. The third-order valence-electron chi connectivity index (χ3n) is 2.42. The van der Waals surface area contributed by atoms with E-state index in [4.69, 9.17) is 4.84 Å². The normalized spacial score (nSPS) is 12.9. The van der Waals surface area contributed by atoms with Crippen molar-refractivity contribution in [2.24, 2.45) is 0 Å². The van der Waals surface area contributed by atoms with E-state index in [0.29, 0.717) is 11.4 Å². The Morgan fingerprint density at radius 2 is 1.81 bits per heavy atom. The van der Waals surface area contributed by atoms with Gasteiger partial charge in [-0.1, -0.05) is 6.58 Å². The molecule has 0 saturated heterocycles. The first-order chi connectivity index (χ1) is 7.86. The average Bonchev–Trinajstić information content (AvgIpc) is 2.49. The Kier molecular flexibility index (Phi) is 1.86.